The number of carboxylic acids is 1. The number of carboxylic acid groups (broad SMARTS) is 1. The lowest BCUT2D eigenvalue weighted by molar-refractivity contribution is -0.150. The summed E-state index contributed by atoms with van der Waals surface area (Å²) in [4.78, 5) is 25.4. The molecule has 1 saturated carbocycles. The Hall–Kier alpha value is -1.06. The quantitative estimate of drug-likeness (QED) is 0.818. The standard InChI is InChI=1S/C13H21NO3/c1-3-13(5-4-6-13)10(15)14-8-7-12(2,9-14)11(16)17/h3-9H2,1-2H3,(H,16,17). The molecule has 1 amide bonds. The van der Waals surface area contributed by atoms with Crippen LogP contribution in [0.5, 0.6) is 0 Å². The maximum absolute atomic E-state index is 12.4. The van der Waals surface area contributed by atoms with Crippen LogP contribution in [0.4, 0.5) is 0 Å². The Morgan fingerprint density at radius 3 is 2.29 bits per heavy atom. The van der Waals surface area contributed by atoms with E-state index in [2.05, 4.69) is 6.92 Å². The lowest BCUT2D eigenvalue weighted by Crippen LogP contribution is -2.47. The third kappa shape index (κ3) is 1.83. The van der Waals surface area contributed by atoms with E-state index in [4.69, 9.17) is 5.11 Å². The molecule has 1 heterocycles. The van der Waals surface area contributed by atoms with Gasteiger partial charge in [-0.3, -0.25) is 9.59 Å². The molecule has 2 aliphatic rings. The summed E-state index contributed by atoms with van der Waals surface area (Å²) in [5.74, 6) is -0.594. The summed E-state index contributed by atoms with van der Waals surface area (Å²) in [5, 5.41) is 9.17. The van der Waals surface area contributed by atoms with Gasteiger partial charge in [0.25, 0.3) is 0 Å². The van der Waals surface area contributed by atoms with Crippen molar-refractivity contribution in [1.29, 1.82) is 0 Å². The lowest BCUT2D eigenvalue weighted by Gasteiger charge is -2.42. The average Bonchev–Trinajstić information content (AvgIpc) is 2.61. The highest BCUT2D eigenvalue weighted by molar-refractivity contribution is 5.85. The zero-order valence-electron chi connectivity index (χ0n) is 10.7. The fourth-order valence-electron chi connectivity index (χ4n) is 2.97. The normalized spacial score (nSPS) is 31.1. The Morgan fingerprint density at radius 1 is 1.29 bits per heavy atom. The molecule has 0 bridgehead atoms. The molecule has 1 N–H and O–H groups in total. The average molecular weight is 239 g/mol. The van der Waals surface area contributed by atoms with Gasteiger partial charge >= 0.3 is 5.97 Å². The van der Waals surface area contributed by atoms with Gasteiger partial charge in [0.2, 0.25) is 5.91 Å². The fraction of sp³-hybridized carbons (Fsp3) is 0.846. The summed E-state index contributed by atoms with van der Waals surface area (Å²) < 4.78 is 0. The van der Waals surface area contributed by atoms with Gasteiger partial charge in [-0.2, -0.15) is 0 Å². The third-order valence-electron chi connectivity index (χ3n) is 4.72. The van der Waals surface area contributed by atoms with E-state index in [1.807, 2.05) is 0 Å². The molecule has 17 heavy (non-hydrogen) atoms. The second kappa shape index (κ2) is 4.00. The summed E-state index contributed by atoms with van der Waals surface area (Å²) in [7, 11) is 0. The van der Waals surface area contributed by atoms with Gasteiger partial charge in [0.05, 0.1) is 5.41 Å². The predicted molar refractivity (Wildman–Crippen MR) is 63.5 cm³/mol. The first-order valence-electron chi connectivity index (χ1n) is 6.46. The van der Waals surface area contributed by atoms with Gasteiger partial charge in [0.1, 0.15) is 0 Å². The topological polar surface area (TPSA) is 57.6 Å². The first-order valence-corrected chi connectivity index (χ1v) is 6.46. The minimum Gasteiger partial charge on any atom is -0.481 e. The van der Waals surface area contributed by atoms with E-state index in [1.165, 1.54) is 0 Å². The molecule has 0 spiro atoms. The monoisotopic (exact) mass is 239 g/mol. The van der Waals surface area contributed by atoms with Crippen LogP contribution in [0.15, 0.2) is 0 Å². The number of amides is 1. The Balaban J connectivity index is 2.06. The van der Waals surface area contributed by atoms with Crippen LogP contribution in [-0.4, -0.2) is 35.0 Å². The molecule has 96 valence electrons. The molecule has 0 aromatic heterocycles. The predicted octanol–water partition coefficient (Wildman–Crippen LogP) is 1.89. The van der Waals surface area contributed by atoms with Gasteiger partial charge in [-0.15, -0.1) is 0 Å². The number of hydrogen-bond acceptors (Lipinski definition) is 2. The van der Waals surface area contributed by atoms with Gasteiger partial charge in [-0.1, -0.05) is 13.3 Å². The van der Waals surface area contributed by atoms with Crippen LogP contribution in [0.2, 0.25) is 0 Å². The Kier molecular flexibility index (Phi) is 2.92. The zero-order chi connectivity index (χ0) is 12.7. The molecule has 1 atom stereocenters. The van der Waals surface area contributed by atoms with E-state index in [0.29, 0.717) is 19.5 Å². The molecule has 2 fully saturated rings. The summed E-state index contributed by atoms with van der Waals surface area (Å²) in [6.07, 6.45) is 4.54. The molecule has 4 heteroatoms. The number of carbonyl (C=O) groups is 2. The van der Waals surface area contributed by atoms with Crippen LogP contribution in [0.25, 0.3) is 0 Å². The van der Waals surface area contributed by atoms with Crippen LogP contribution in [-0.2, 0) is 9.59 Å². The van der Waals surface area contributed by atoms with Crippen molar-refractivity contribution in [1.82, 2.24) is 4.90 Å². The first-order chi connectivity index (χ1) is 7.93. The lowest BCUT2D eigenvalue weighted by atomic mass is 9.66. The van der Waals surface area contributed by atoms with E-state index in [-0.39, 0.29) is 11.3 Å². The van der Waals surface area contributed by atoms with Gasteiger partial charge < -0.3 is 10.0 Å². The van der Waals surface area contributed by atoms with E-state index < -0.39 is 11.4 Å². The molecule has 4 nitrogen and oxygen atoms in total. The number of carbonyl (C=O) groups excluding carboxylic acids is 1. The molecular weight excluding hydrogens is 218 g/mol. The number of rotatable bonds is 3. The van der Waals surface area contributed by atoms with Gasteiger partial charge in [0.15, 0.2) is 0 Å². The van der Waals surface area contributed by atoms with Crippen molar-refractivity contribution in [2.24, 2.45) is 10.8 Å². The highest BCUT2D eigenvalue weighted by Gasteiger charge is 2.49. The molecule has 1 aliphatic heterocycles. The van der Waals surface area contributed by atoms with Crippen molar-refractivity contribution in [2.45, 2.75) is 46.0 Å². The second-order valence-corrected chi connectivity index (χ2v) is 5.83. The van der Waals surface area contributed by atoms with Crippen LogP contribution >= 0.6 is 0 Å². The highest BCUT2D eigenvalue weighted by atomic mass is 16.4. The molecular formula is C13H21NO3. The molecule has 0 aromatic carbocycles. The first kappa shape index (κ1) is 12.4. The van der Waals surface area contributed by atoms with E-state index in [0.717, 1.165) is 25.7 Å². The summed E-state index contributed by atoms with van der Waals surface area (Å²) >= 11 is 0. The molecule has 1 unspecified atom stereocenters. The smallest absolute Gasteiger partial charge is 0.311 e. The van der Waals surface area contributed by atoms with Crippen LogP contribution in [0, 0.1) is 10.8 Å². The number of hydrogen-bond donors (Lipinski definition) is 1. The minimum atomic E-state index is -0.785. The van der Waals surface area contributed by atoms with E-state index >= 15 is 0 Å². The van der Waals surface area contributed by atoms with E-state index in [1.54, 1.807) is 11.8 Å². The third-order valence-corrected chi connectivity index (χ3v) is 4.72. The van der Waals surface area contributed by atoms with Crippen molar-refractivity contribution < 1.29 is 14.7 Å². The van der Waals surface area contributed by atoms with Crippen molar-refractivity contribution >= 4 is 11.9 Å². The minimum absolute atomic E-state index is 0.163. The van der Waals surface area contributed by atoms with Crippen molar-refractivity contribution in [3.05, 3.63) is 0 Å². The van der Waals surface area contributed by atoms with E-state index in [9.17, 15) is 9.59 Å². The Morgan fingerprint density at radius 2 is 1.94 bits per heavy atom. The molecule has 0 radical (unpaired) electrons. The van der Waals surface area contributed by atoms with Crippen molar-refractivity contribution in [3.63, 3.8) is 0 Å². The van der Waals surface area contributed by atoms with Crippen molar-refractivity contribution in [2.75, 3.05) is 13.1 Å². The van der Waals surface area contributed by atoms with Crippen LogP contribution in [0.1, 0.15) is 46.0 Å². The molecule has 1 aliphatic carbocycles. The van der Waals surface area contributed by atoms with Gasteiger partial charge in [-0.05, 0) is 32.6 Å². The Bertz CT molecular complexity index is 343. The maximum Gasteiger partial charge on any atom is 0.311 e. The summed E-state index contributed by atoms with van der Waals surface area (Å²) in [5.41, 5.74) is -0.905. The van der Waals surface area contributed by atoms with Crippen LogP contribution < -0.4 is 0 Å². The summed E-state index contributed by atoms with van der Waals surface area (Å²) in [6, 6.07) is 0. The molecule has 0 aromatic rings. The fourth-order valence-corrected chi connectivity index (χ4v) is 2.97. The Labute approximate surface area is 102 Å². The SMILES string of the molecule is CCC1(C(=O)N2CCC(C)(C(=O)O)C2)CCC1. The number of nitrogens with zero attached hydrogens (tertiary/aromatic N) is 1. The maximum atomic E-state index is 12.4. The molecule has 1 saturated heterocycles. The van der Waals surface area contributed by atoms with Gasteiger partial charge in [0, 0.05) is 18.5 Å². The number of aliphatic carboxylic acids is 1. The summed E-state index contributed by atoms with van der Waals surface area (Å²) in [6.45, 7) is 4.78. The largest absolute Gasteiger partial charge is 0.481 e. The van der Waals surface area contributed by atoms with Crippen molar-refractivity contribution in [3.8, 4) is 0 Å². The van der Waals surface area contributed by atoms with Gasteiger partial charge in [-0.25, -0.2) is 0 Å². The molecule has 2 rings (SSSR count). The number of likely N-dealkylation sites (tertiary alicyclic amines) is 1. The van der Waals surface area contributed by atoms with Crippen LogP contribution in [0.3, 0.4) is 0 Å². The highest BCUT2D eigenvalue weighted by Crippen LogP contribution is 2.46. The second-order valence-electron chi connectivity index (χ2n) is 5.83. The zero-order valence-corrected chi connectivity index (χ0v) is 10.7.